The molecule has 1 heterocycles. The Kier molecular flexibility index (Phi) is 13.6. The molecule has 7 aromatic rings. The topological polar surface area (TPSA) is 33.8 Å². The average Bonchev–Trinajstić information content (AvgIpc) is 3.32. The van der Waals surface area contributed by atoms with E-state index in [-0.39, 0.29) is 18.1 Å². The third-order valence-electron chi connectivity index (χ3n) is 10.1. The number of ketones is 1. The van der Waals surface area contributed by atoms with Gasteiger partial charge in [0, 0.05) is 5.56 Å². The molecule has 0 atom stereocenters. The SMILES string of the molecule is Fc1c(F)c(F)c([B-](c2c(F)c(F)c(F)c(F)c2F)(c2c(F)c(F)c(F)c(F)c2F)c2c(F)c(F)c(F)c(F)c2F)c(F)c1F.O=C(C[n+]1ccncc1-c1ccccc1F)c1ccccc1. The van der Waals surface area contributed by atoms with Crippen molar-refractivity contribution in [1.29, 1.82) is 0 Å². The zero-order chi connectivity index (χ0) is 49.7. The van der Waals surface area contributed by atoms with Crippen molar-refractivity contribution in [2.24, 2.45) is 0 Å². The lowest BCUT2D eigenvalue weighted by atomic mass is 9.12. The van der Waals surface area contributed by atoms with Gasteiger partial charge in [-0.1, -0.05) is 42.5 Å². The number of aromatic nitrogens is 2. The van der Waals surface area contributed by atoms with E-state index in [1.165, 1.54) is 6.07 Å². The van der Waals surface area contributed by atoms with Crippen LogP contribution in [0, 0.1) is 122 Å². The first-order valence-corrected chi connectivity index (χ1v) is 17.9. The highest BCUT2D eigenvalue weighted by Crippen LogP contribution is 2.31. The molecule has 7 rings (SSSR count). The lowest BCUT2D eigenvalue weighted by Crippen LogP contribution is -2.81. The van der Waals surface area contributed by atoms with Gasteiger partial charge in [-0.2, -0.15) is 4.57 Å². The van der Waals surface area contributed by atoms with Crippen LogP contribution in [0.3, 0.4) is 0 Å². The standard InChI is InChI=1S/C24BF20.C18H14FN2O/c26-5-1(6(27)14(35)21(42)13(5)34)25(2-7(28)15(36)22(43)16(37)8(2)29,3-9(30)17(38)23(44)18(39)10(3)31)4-11(32)19(40)24(45)20(41)12(4)33;19-16-9-5-4-8-15(16)17-12-20-10-11-21(17)13-18(22)14-6-2-1-3-7-14/h;1-12H,13H2/q-1;+1. The van der Waals surface area contributed by atoms with E-state index < -0.39 is 144 Å². The molecular weight excluding hydrogens is 958 g/mol. The van der Waals surface area contributed by atoms with Gasteiger partial charge in [0.25, 0.3) is 0 Å². The predicted molar refractivity (Wildman–Crippen MR) is 190 cm³/mol. The minimum Gasteiger partial charge on any atom is -0.287 e. The van der Waals surface area contributed by atoms with Crippen LogP contribution in [-0.4, -0.2) is 16.9 Å². The fourth-order valence-electron chi connectivity index (χ4n) is 7.16. The quantitative estimate of drug-likeness (QED) is 0.0381. The Morgan fingerprint density at radius 1 is 0.403 bits per heavy atom. The van der Waals surface area contributed by atoms with E-state index in [9.17, 15) is 61.9 Å². The van der Waals surface area contributed by atoms with Crippen LogP contribution in [0.4, 0.5) is 92.2 Å². The summed E-state index contributed by atoms with van der Waals surface area (Å²) < 4.78 is 310. The number of rotatable bonds is 8. The normalized spacial score (nSPS) is 11.5. The van der Waals surface area contributed by atoms with Gasteiger partial charge in [-0.15, -0.1) is 21.9 Å². The number of benzene rings is 6. The van der Waals surface area contributed by atoms with Crippen LogP contribution in [0.2, 0.25) is 0 Å². The van der Waals surface area contributed by atoms with Crippen molar-refractivity contribution in [3.05, 3.63) is 201 Å². The molecule has 348 valence electrons. The fraction of sp³-hybridized carbons (Fsp3) is 0.0238. The van der Waals surface area contributed by atoms with Crippen LogP contribution in [0.25, 0.3) is 11.3 Å². The molecule has 0 amide bonds. The summed E-state index contributed by atoms with van der Waals surface area (Å²) in [5.74, 6) is -71.8. The Morgan fingerprint density at radius 3 is 1.03 bits per heavy atom. The number of nitrogens with zero attached hydrogens (tertiary/aromatic N) is 2. The summed E-state index contributed by atoms with van der Waals surface area (Å²) in [6, 6.07) is 15.5. The highest BCUT2D eigenvalue weighted by Gasteiger charge is 2.52. The van der Waals surface area contributed by atoms with E-state index in [1.807, 2.05) is 18.2 Å². The first-order chi connectivity index (χ1) is 31.5. The van der Waals surface area contributed by atoms with Crippen LogP contribution in [0.15, 0.2) is 73.2 Å². The molecule has 0 saturated carbocycles. The van der Waals surface area contributed by atoms with Gasteiger partial charge in [0.2, 0.25) is 18.0 Å². The molecule has 3 nitrogen and oxygen atoms in total. The molecule has 0 radical (unpaired) electrons. The van der Waals surface area contributed by atoms with Gasteiger partial charge in [-0.25, -0.2) is 92.2 Å². The van der Waals surface area contributed by atoms with Gasteiger partial charge in [0.05, 0.1) is 18.0 Å². The summed E-state index contributed by atoms with van der Waals surface area (Å²) >= 11 is 0. The second-order valence-corrected chi connectivity index (χ2v) is 13.7. The Hall–Kier alpha value is -7.34. The van der Waals surface area contributed by atoms with E-state index in [4.69, 9.17) is 0 Å². The molecule has 0 fully saturated rings. The van der Waals surface area contributed by atoms with Gasteiger partial charge in [-0.3, -0.25) is 9.78 Å². The Balaban J connectivity index is 0.000000279. The van der Waals surface area contributed by atoms with Crippen molar-refractivity contribution >= 4 is 33.8 Å². The van der Waals surface area contributed by atoms with Gasteiger partial charge in [-0.05, 0) is 12.1 Å². The molecule has 0 N–H and O–H groups in total. The molecule has 67 heavy (non-hydrogen) atoms. The van der Waals surface area contributed by atoms with Crippen LogP contribution in [0.5, 0.6) is 0 Å². The van der Waals surface area contributed by atoms with E-state index >= 15 is 35.1 Å². The summed E-state index contributed by atoms with van der Waals surface area (Å²) in [6.07, 6.45) is -2.38. The fourth-order valence-corrected chi connectivity index (χ4v) is 7.16. The lowest BCUT2D eigenvalue weighted by Gasteiger charge is -2.44. The minimum absolute atomic E-state index is 0.0330. The van der Waals surface area contributed by atoms with Crippen molar-refractivity contribution in [2.45, 2.75) is 6.54 Å². The number of carbonyl (C=O) groups is 1. The smallest absolute Gasteiger partial charge is 0.234 e. The summed E-state index contributed by atoms with van der Waals surface area (Å²) in [5, 5.41) is 0. The number of Topliss-reactive ketones (excluding diaryl/α,β-unsaturated/α-hetero) is 1. The third kappa shape index (κ3) is 7.87. The predicted octanol–water partition coefficient (Wildman–Crippen LogP) is 8.90. The minimum atomic E-state index is -7.22. The number of carbonyl (C=O) groups excluding carboxylic acids is 1. The maximum atomic E-state index is 15.4. The molecule has 6 aromatic carbocycles. The molecule has 25 heteroatoms. The maximum Gasteiger partial charge on any atom is 0.234 e. The van der Waals surface area contributed by atoms with Crippen molar-refractivity contribution in [1.82, 2.24) is 4.98 Å². The lowest BCUT2D eigenvalue weighted by molar-refractivity contribution is -0.672. The maximum absolute atomic E-state index is 15.4. The number of hydrogen-bond acceptors (Lipinski definition) is 2. The molecule has 0 aliphatic heterocycles. The van der Waals surface area contributed by atoms with Crippen molar-refractivity contribution in [3.8, 4) is 11.3 Å². The average molecular weight is 972 g/mol. The van der Waals surface area contributed by atoms with E-state index in [2.05, 4.69) is 4.98 Å². The van der Waals surface area contributed by atoms with Crippen molar-refractivity contribution in [3.63, 3.8) is 0 Å². The zero-order valence-corrected chi connectivity index (χ0v) is 32.0. The molecule has 0 saturated heterocycles. The largest absolute Gasteiger partial charge is 0.287 e. The van der Waals surface area contributed by atoms with Gasteiger partial charge in [0.1, 0.15) is 58.5 Å². The molecule has 0 aliphatic carbocycles. The molecule has 0 unspecified atom stereocenters. The Morgan fingerprint density at radius 2 is 0.701 bits per heavy atom. The molecule has 1 aromatic heterocycles. The highest BCUT2D eigenvalue weighted by atomic mass is 19.2. The van der Waals surface area contributed by atoms with Crippen LogP contribution < -0.4 is 26.4 Å². The van der Waals surface area contributed by atoms with Crippen LogP contribution >= 0.6 is 0 Å². The Bertz CT molecular complexity index is 2770. The van der Waals surface area contributed by atoms with Crippen LogP contribution in [-0.2, 0) is 6.54 Å². The first kappa shape index (κ1) is 49.1. The number of hydrogen-bond donors (Lipinski definition) is 0. The molecule has 0 spiro atoms. The van der Waals surface area contributed by atoms with Gasteiger partial charge < -0.3 is 0 Å². The Labute approximate surface area is 358 Å². The summed E-state index contributed by atoms with van der Waals surface area (Å²) in [4.78, 5) is 16.4. The second-order valence-electron chi connectivity index (χ2n) is 13.7. The van der Waals surface area contributed by atoms with E-state index in [1.54, 1.807) is 53.5 Å². The zero-order valence-electron chi connectivity index (χ0n) is 32.0. The van der Waals surface area contributed by atoms with Crippen LogP contribution in [0.1, 0.15) is 10.4 Å². The van der Waals surface area contributed by atoms with Crippen molar-refractivity contribution in [2.75, 3.05) is 0 Å². The van der Waals surface area contributed by atoms with Crippen molar-refractivity contribution < 1.29 is 102 Å². The van der Waals surface area contributed by atoms with Gasteiger partial charge >= 0.3 is 0 Å². The summed E-state index contributed by atoms with van der Waals surface area (Å²) in [6.45, 7) is 0.135. The van der Waals surface area contributed by atoms with E-state index in [0.29, 0.717) is 16.8 Å². The summed E-state index contributed by atoms with van der Waals surface area (Å²) in [5.41, 5.74) is -12.7. The third-order valence-corrected chi connectivity index (χ3v) is 10.1. The van der Waals surface area contributed by atoms with Gasteiger partial charge in [0.15, 0.2) is 76.0 Å². The monoisotopic (exact) mass is 972 g/mol. The van der Waals surface area contributed by atoms with E-state index in [0.717, 1.165) is 0 Å². The number of halogens is 21. The molecule has 0 aliphatic rings. The first-order valence-electron chi connectivity index (χ1n) is 17.9. The molecule has 0 bridgehead atoms. The molecular formula is C42H14BF21N2O. The highest BCUT2D eigenvalue weighted by molar-refractivity contribution is 7.20. The summed E-state index contributed by atoms with van der Waals surface area (Å²) in [7, 11) is 0. The second kappa shape index (κ2) is 18.5.